The Balaban J connectivity index is 1.99. The molecule has 0 spiro atoms. The summed E-state index contributed by atoms with van der Waals surface area (Å²) >= 11 is 6.14. The Hall–Kier alpha value is -2.07. The molecule has 0 saturated heterocycles. The first-order valence-corrected chi connectivity index (χ1v) is 6.60. The van der Waals surface area contributed by atoms with Crippen molar-refractivity contribution in [3.63, 3.8) is 0 Å². The summed E-state index contributed by atoms with van der Waals surface area (Å²) in [6.07, 6.45) is 1.64. The van der Waals surface area contributed by atoms with Gasteiger partial charge in [0.05, 0.1) is 7.11 Å². The number of alkyl halides is 1. The summed E-state index contributed by atoms with van der Waals surface area (Å²) < 4.78 is 5.13. The van der Waals surface area contributed by atoms with Gasteiger partial charge in [-0.3, -0.25) is 4.79 Å². The third-order valence-corrected chi connectivity index (χ3v) is 3.27. The van der Waals surface area contributed by atoms with Gasteiger partial charge in [-0.1, -0.05) is 36.4 Å². The molecular formula is C15H15ClN2O2. The fourth-order valence-corrected chi connectivity index (χ4v) is 2.01. The van der Waals surface area contributed by atoms with Crippen molar-refractivity contribution in [2.24, 2.45) is 0 Å². The molecule has 2 rings (SSSR count). The van der Waals surface area contributed by atoms with Gasteiger partial charge in [-0.2, -0.15) is 0 Å². The van der Waals surface area contributed by atoms with Crippen molar-refractivity contribution in [2.45, 2.75) is 11.9 Å². The average Bonchev–Trinajstić information content (AvgIpc) is 2.53. The van der Waals surface area contributed by atoms with Crippen LogP contribution in [0.3, 0.4) is 0 Å². The minimum absolute atomic E-state index is 0.247. The number of nitrogens with zero attached hydrogens (tertiary/aromatic N) is 1. The normalized spacial score (nSPS) is 11.7. The van der Waals surface area contributed by atoms with Gasteiger partial charge in [-0.15, -0.1) is 11.6 Å². The second-order valence-electron chi connectivity index (χ2n) is 4.16. The molecule has 2 aromatic rings. The zero-order valence-corrected chi connectivity index (χ0v) is 11.8. The minimum Gasteiger partial charge on any atom is -0.481 e. The van der Waals surface area contributed by atoms with Crippen molar-refractivity contribution in [1.82, 2.24) is 10.3 Å². The van der Waals surface area contributed by atoms with E-state index >= 15 is 0 Å². The molecule has 0 aliphatic carbocycles. The highest BCUT2D eigenvalue weighted by Gasteiger charge is 2.17. The largest absolute Gasteiger partial charge is 0.481 e. The van der Waals surface area contributed by atoms with Crippen molar-refractivity contribution in [3.8, 4) is 5.88 Å². The molecule has 1 atom stereocenters. The van der Waals surface area contributed by atoms with Crippen LogP contribution in [0.1, 0.15) is 16.5 Å². The molecule has 1 amide bonds. The SMILES string of the molecule is COc1ncccc1CNC(=O)C(Cl)c1ccccc1. The van der Waals surface area contributed by atoms with E-state index < -0.39 is 5.38 Å². The van der Waals surface area contributed by atoms with Gasteiger partial charge in [0.1, 0.15) is 5.38 Å². The van der Waals surface area contributed by atoms with Crippen LogP contribution in [0, 0.1) is 0 Å². The summed E-state index contributed by atoms with van der Waals surface area (Å²) in [6, 6.07) is 12.9. The van der Waals surface area contributed by atoms with Gasteiger partial charge in [0.25, 0.3) is 0 Å². The Morgan fingerprint density at radius 1 is 1.30 bits per heavy atom. The van der Waals surface area contributed by atoms with Gasteiger partial charge in [0.2, 0.25) is 11.8 Å². The molecule has 1 unspecified atom stereocenters. The molecular weight excluding hydrogens is 276 g/mol. The lowest BCUT2D eigenvalue weighted by Crippen LogP contribution is -2.26. The Bertz CT molecular complexity index is 575. The van der Waals surface area contributed by atoms with E-state index in [-0.39, 0.29) is 5.91 Å². The van der Waals surface area contributed by atoms with Crippen LogP contribution in [0.5, 0.6) is 5.88 Å². The molecule has 0 aliphatic rings. The number of amides is 1. The number of carbonyl (C=O) groups is 1. The first-order chi connectivity index (χ1) is 9.72. The van der Waals surface area contributed by atoms with Gasteiger partial charge in [0.15, 0.2) is 0 Å². The Morgan fingerprint density at radius 3 is 2.75 bits per heavy atom. The van der Waals surface area contributed by atoms with E-state index in [2.05, 4.69) is 10.3 Å². The van der Waals surface area contributed by atoms with E-state index in [1.165, 1.54) is 0 Å². The van der Waals surface area contributed by atoms with E-state index in [0.29, 0.717) is 12.4 Å². The number of ether oxygens (including phenoxy) is 1. The predicted molar refractivity (Wildman–Crippen MR) is 77.7 cm³/mol. The molecule has 4 nitrogen and oxygen atoms in total. The fourth-order valence-electron chi connectivity index (χ4n) is 1.79. The summed E-state index contributed by atoms with van der Waals surface area (Å²) in [6.45, 7) is 0.325. The zero-order chi connectivity index (χ0) is 14.4. The molecule has 0 saturated carbocycles. The van der Waals surface area contributed by atoms with E-state index in [1.54, 1.807) is 19.4 Å². The highest BCUT2D eigenvalue weighted by molar-refractivity contribution is 6.30. The van der Waals surface area contributed by atoms with Crippen molar-refractivity contribution in [1.29, 1.82) is 0 Å². The number of hydrogen-bond acceptors (Lipinski definition) is 3. The lowest BCUT2D eigenvalue weighted by molar-refractivity contribution is -0.121. The monoisotopic (exact) mass is 290 g/mol. The summed E-state index contributed by atoms with van der Waals surface area (Å²) in [5.41, 5.74) is 1.57. The second-order valence-corrected chi connectivity index (χ2v) is 4.60. The number of benzene rings is 1. The molecule has 20 heavy (non-hydrogen) atoms. The molecule has 0 fully saturated rings. The first-order valence-electron chi connectivity index (χ1n) is 6.17. The first kappa shape index (κ1) is 14.3. The van der Waals surface area contributed by atoms with E-state index in [4.69, 9.17) is 16.3 Å². The van der Waals surface area contributed by atoms with Gasteiger partial charge >= 0.3 is 0 Å². The fraction of sp³-hybridized carbons (Fsp3) is 0.200. The number of pyridine rings is 1. The van der Waals surface area contributed by atoms with Crippen molar-refractivity contribution < 1.29 is 9.53 Å². The predicted octanol–water partition coefficient (Wildman–Crippen LogP) is 2.69. The molecule has 1 aromatic carbocycles. The molecule has 1 aromatic heterocycles. The highest BCUT2D eigenvalue weighted by atomic mass is 35.5. The summed E-state index contributed by atoms with van der Waals surface area (Å²) in [5.74, 6) is 0.252. The van der Waals surface area contributed by atoms with Crippen LogP contribution >= 0.6 is 11.6 Å². The number of halogens is 1. The lowest BCUT2D eigenvalue weighted by atomic mass is 10.1. The van der Waals surface area contributed by atoms with Gasteiger partial charge in [0, 0.05) is 18.3 Å². The topological polar surface area (TPSA) is 51.2 Å². The lowest BCUT2D eigenvalue weighted by Gasteiger charge is -2.12. The van der Waals surface area contributed by atoms with Gasteiger partial charge in [-0.25, -0.2) is 4.98 Å². The number of rotatable bonds is 5. The number of methoxy groups -OCH3 is 1. The average molecular weight is 291 g/mol. The Morgan fingerprint density at radius 2 is 2.05 bits per heavy atom. The number of nitrogens with one attached hydrogen (secondary N) is 1. The van der Waals surface area contributed by atoms with Crippen LogP contribution in [-0.2, 0) is 11.3 Å². The summed E-state index contributed by atoms with van der Waals surface area (Å²) in [7, 11) is 1.54. The third-order valence-electron chi connectivity index (χ3n) is 2.82. The molecule has 0 radical (unpaired) electrons. The number of aromatic nitrogens is 1. The minimum atomic E-state index is -0.709. The Labute approximate surface area is 122 Å². The van der Waals surface area contributed by atoms with Crippen molar-refractivity contribution in [3.05, 3.63) is 59.8 Å². The van der Waals surface area contributed by atoms with E-state index in [0.717, 1.165) is 11.1 Å². The van der Waals surface area contributed by atoms with Crippen LogP contribution < -0.4 is 10.1 Å². The molecule has 104 valence electrons. The zero-order valence-electron chi connectivity index (χ0n) is 11.0. The molecule has 1 N–H and O–H groups in total. The van der Waals surface area contributed by atoms with Crippen molar-refractivity contribution in [2.75, 3.05) is 7.11 Å². The quantitative estimate of drug-likeness (QED) is 0.862. The van der Waals surface area contributed by atoms with Crippen LogP contribution in [0.4, 0.5) is 0 Å². The van der Waals surface area contributed by atoms with Gasteiger partial charge < -0.3 is 10.1 Å². The Kier molecular flexibility index (Phi) is 4.96. The summed E-state index contributed by atoms with van der Waals surface area (Å²) in [5, 5.41) is 2.07. The summed E-state index contributed by atoms with van der Waals surface area (Å²) in [4.78, 5) is 16.1. The molecule has 1 heterocycles. The standard InChI is InChI=1S/C15H15ClN2O2/c1-20-15-12(8-5-9-17-15)10-18-14(19)13(16)11-6-3-2-4-7-11/h2-9,13H,10H2,1H3,(H,18,19). The van der Waals surface area contributed by atoms with Crippen LogP contribution in [0.2, 0.25) is 0 Å². The molecule has 5 heteroatoms. The smallest absolute Gasteiger partial charge is 0.242 e. The van der Waals surface area contributed by atoms with Crippen LogP contribution in [-0.4, -0.2) is 18.0 Å². The van der Waals surface area contributed by atoms with Gasteiger partial charge in [-0.05, 0) is 11.6 Å². The van der Waals surface area contributed by atoms with Crippen LogP contribution in [0.15, 0.2) is 48.7 Å². The maximum atomic E-state index is 12.0. The molecule has 0 bridgehead atoms. The van der Waals surface area contributed by atoms with E-state index in [1.807, 2.05) is 36.4 Å². The second kappa shape index (κ2) is 6.91. The third kappa shape index (κ3) is 3.48. The number of carbonyl (C=O) groups excluding carboxylic acids is 1. The maximum Gasteiger partial charge on any atom is 0.242 e. The number of hydrogen-bond donors (Lipinski definition) is 1. The van der Waals surface area contributed by atoms with E-state index in [9.17, 15) is 4.79 Å². The van der Waals surface area contributed by atoms with Crippen LogP contribution in [0.25, 0.3) is 0 Å². The molecule has 0 aliphatic heterocycles. The highest BCUT2D eigenvalue weighted by Crippen LogP contribution is 2.20. The maximum absolute atomic E-state index is 12.0. The van der Waals surface area contributed by atoms with Crippen molar-refractivity contribution >= 4 is 17.5 Å².